The monoisotopic (exact) mass is 221 g/mol. The number of hydrogen-bond donors (Lipinski definition) is 1. The van der Waals surface area contributed by atoms with Crippen LogP contribution >= 0.6 is 0 Å². The van der Waals surface area contributed by atoms with Gasteiger partial charge in [-0.3, -0.25) is 0 Å². The first-order valence-electron chi connectivity index (χ1n) is 5.87. The van der Waals surface area contributed by atoms with Crippen molar-refractivity contribution in [2.75, 3.05) is 6.79 Å². The molecule has 1 aliphatic heterocycles. The molecular formula is C13H19NO2. The van der Waals surface area contributed by atoms with Crippen molar-refractivity contribution in [1.82, 2.24) is 0 Å². The highest BCUT2D eigenvalue weighted by Crippen LogP contribution is 2.35. The van der Waals surface area contributed by atoms with Crippen LogP contribution in [0.25, 0.3) is 0 Å². The molecule has 0 aliphatic carbocycles. The highest BCUT2D eigenvalue weighted by molar-refractivity contribution is 5.45. The van der Waals surface area contributed by atoms with E-state index in [1.807, 2.05) is 18.2 Å². The molecule has 2 atom stereocenters. The van der Waals surface area contributed by atoms with Gasteiger partial charge in [-0.1, -0.05) is 26.3 Å². The Kier molecular flexibility index (Phi) is 3.34. The molecule has 3 heteroatoms. The molecule has 2 rings (SSSR count). The van der Waals surface area contributed by atoms with Gasteiger partial charge in [0, 0.05) is 6.04 Å². The summed E-state index contributed by atoms with van der Waals surface area (Å²) in [5.74, 6) is 2.13. The third-order valence-electron chi connectivity index (χ3n) is 3.14. The predicted octanol–water partition coefficient (Wildman–Crippen LogP) is 2.85. The lowest BCUT2D eigenvalue weighted by molar-refractivity contribution is 0.174. The lowest BCUT2D eigenvalue weighted by Crippen LogP contribution is -2.18. The summed E-state index contributed by atoms with van der Waals surface area (Å²) in [6, 6.07) is 6.05. The van der Waals surface area contributed by atoms with Gasteiger partial charge in [0.1, 0.15) is 0 Å². The van der Waals surface area contributed by atoms with Crippen molar-refractivity contribution in [2.24, 2.45) is 11.7 Å². The van der Waals surface area contributed by atoms with Crippen molar-refractivity contribution in [3.63, 3.8) is 0 Å². The quantitative estimate of drug-likeness (QED) is 0.850. The molecule has 1 heterocycles. The van der Waals surface area contributed by atoms with E-state index in [-0.39, 0.29) is 6.04 Å². The lowest BCUT2D eigenvalue weighted by Gasteiger charge is -2.19. The first kappa shape index (κ1) is 11.3. The summed E-state index contributed by atoms with van der Waals surface area (Å²) in [6.07, 6.45) is 2.31. The Labute approximate surface area is 96.5 Å². The van der Waals surface area contributed by atoms with Crippen LogP contribution < -0.4 is 15.2 Å². The van der Waals surface area contributed by atoms with Gasteiger partial charge >= 0.3 is 0 Å². The lowest BCUT2D eigenvalue weighted by atomic mass is 9.92. The summed E-state index contributed by atoms with van der Waals surface area (Å²) in [4.78, 5) is 0. The zero-order valence-electron chi connectivity index (χ0n) is 9.90. The number of hydrogen-bond acceptors (Lipinski definition) is 3. The molecule has 3 nitrogen and oxygen atoms in total. The smallest absolute Gasteiger partial charge is 0.231 e. The van der Waals surface area contributed by atoms with E-state index in [0.29, 0.717) is 12.7 Å². The maximum Gasteiger partial charge on any atom is 0.231 e. The maximum atomic E-state index is 6.22. The average molecular weight is 221 g/mol. The van der Waals surface area contributed by atoms with Crippen molar-refractivity contribution in [1.29, 1.82) is 0 Å². The van der Waals surface area contributed by atoms with Crippen molar-refractivity contribution in [3.05, 3.63) is 23.8 Å². The number of nitrogens with two attached hydrogens (primary N) is 1. The van der Waals surface area contributed by atoms with Crippen LogP contribution in [0.15, 0.2) is 18.2 Å². The third-order valence-corrected chi connectivity index (χ3v) is 3.14. The van der Waals surface area contributed by atoms with Gasteiger partial charge in [-0.15, -0.1) is 0 Å². The second-order valence-electron chi connectivity index (χ2n) is 4.40. The fourth-order valence-corrected chi connectivity index (χ4v) is 2.08. The molecule has 1 aromatic carbocycles. The van der Waals surface area contributed by atoms with E-state index in [4.69, 9.17) is 15.2 Å². The first-order chi connectivity index (χ1) is 7.72. The molecule has 2 N–H and O–H groups in total. The highest BCUT2D eigenvalue weighted by atomic mass is 16.7. The maximum absolute atomic E-state index is 6.22. The Morgan fingerprint density at radius 3 is 2.81 bits per heavy atom. The van der Waals surface area contributed by atoms with Crippen molar-refractivity contribution >= 4 is 0 Å². The number of fused-ring (bicyclic) bond motifs is 1. The van der Waals surface area contributed by atoms with E-state index in [1.54, 1.807) is 0 Å². The topological polar surface area (TPSA) is 44.5 Å². The Morgan fingerprint density at radius 2 is 2.06 bits per heavy atom. The molecule has 0 saturated heterocycles. The summed E-state index contributed by atoms with van der Waals surface area (Å²) >= 11 is 0. The molecule has 0 amide bonds. The van der Waals surface area contributed by atoms with Gasteiger partial charge in [-0.05, 0) is 30.0 Å². The van der Waals surface area contributed by atoms with E-state index in [1.165, 1.54) is 6.42 Å². The van der Waals surface area contributed by atoms with E-state index >= 15 is 0 Å². The van der Waals surface area contributed by atoms with Gasteiger partial charge in [-0.2, -0.15) is 0 Å². The van der Waals surface area contributed by atoms with Gasteiger partial charge in [0.25, 0.3) is 0 Å². The van der Waals surface area contributed by atoms with Crippen LogP contribution in [-0.4, -0.2) is 6.79 Å². The fraction of sp³-hybridized carbons (Fsp3) is 0.538. The molecule has 0 spiro atoms. The van der Waals surface area contributed by atoms with Crippen LogP contribution in [0.4, 0.5) is 0 Å². The summed E-state index contributed by atoms with van der Waals surface area (Å²) in [7, 11) is 0. The van der Waals surface area contributed by atoms with Crippen LogP contribution in [0.2, 0.25) is 0 Å². The molecule has 88 valence electrons. The molecule has 16 heavy (non-hydrogen) atoms. The van der Waals surface area contributed by atoms with Crippen molar-refractivity contribution < 1.29 is 9.47 Å². The van der Waals surface area contributed by atoms with Crippen LogP contribution in [0.3, 0.4) is 0 Å². The SMILES string of the molecule is CCCC(C)C(N)c1ccc2c(c1)OCO2. The van der Waals surface area contributed by atoms with Crippen LogP contribution in [0, 0.1) is 5.92 Å². The molecule has 0 fully saturated rings. The Hall–Kier alpha value is -1.22. The van der Waals surface area contributed by atoms with Crippen LogP contribution in [0.5, 0.6) is 11.5 Å². The normalized spacial score (nSPS) is 17.2. The molecule has 1 aliphatic rings. The first-order valence-corrected chi connectivity index (χ1v) is 5.87. The zero-order chi connectivity index (χ0) is 11.5. The minimum absolute atomic E-state index is 0.0782. The largest absolute Gasteiger partial charge is 0.454 e. The Balaban J connectivity index is 2.14. The molecule has 0 bridgehead atoms. The van der Waals surface area contributed by atoms with Crippen LogP contribution in [-0.2, 0) is 0 Å². The van der Waals surface area contributed by atoms with Gasteiger partial charge in [0.15, 0.2) is 11.5 Å². The molecule has 1 aromatic rings. The standard InChI is InChI=1S/C13H19NO2/c1-3-4-9(2)13(14)10-5-6-11-12(7-10)16-8-15-11/h5-7,9,13H,3-4,8,14H2,1-2H3. The third kappa shape index (κ3) is 2.14. The Morgan fingerprint density at radius 1 is 1.31 bits per heavy atom. The number of ether oxygens (including phenoxy) is 2. The van der Waals surface area contributed by atoms with Gasteiger partial charge in [-0.25, -0.2) is 0 Å². The molecule has 0 aromatic heterocycles. The van der Waals surface area contributed by atoms with Crippen LogP contribution in [0.1, 0.15) is 38.3 Å². The summed E-state index contributed by atoms with van der Waals surface area (Å²) in [5.41, 5.74) is 7.35. The number of rotatable bonds is 4. The van der Waals surface area contributed by atoms with Crippen molar-refractivity contribution in [2.45, 2.75) is 32.7 Å². The minimum Gasteiger partial charge on any atom is -0.454 e. The Bertz CT molecular complexity index is 365. The van der Waals surface area contributed by atoms with E-state index < -0.39 is 0 Å². The molecule has 0 saturated carbocycles. The zero-order valence-corrected chi connectivity index (χ0v) is 9.90. The minimum atomic E-state index is 0.0782. The summed E-state index contributed by atoms with van der Waals surface area (Å²) in [5, 5.41) is 0. The summed E-state index contributed by atoms with van der Waals surface area (Å²) < 4.78 is 10.6. The highest BCUT2D eigenvalue weighted by Gasteiger charge is 2.18. The van der Waals surface area contributed by atoms with Crippen molar-refractivity contribution in [3.8, 4) is 11.5 Å². The van der Waals surface area contributed by atoms with E-state index in [2.05, 4.69) is 13.8 Å². The second-order valence-corrected chi connectivity index (χ2v) is 4.40. The molecule has 2 unspecified atom stereocenters. The van der Waals surface area contributed by atoms with Gasteiger partial charge in [0.05, 0.1) is 0 Å². The van der Waals surface area contributed by atoms with Gasteiger partial charge < -0.3 is 15.2 Å². The fourth-order valence-electron chi connectivity index (χ4n) is 2.08. The average Bonchev–Trinajstić information content (AvgIpc) is 2.75. The van der Waals surface area contributed by atoms with Gasteiger partial charge in [0.2, 0.25) is 6.79 Å². The summed E-state index contributed by atoms with van der Waals surface area (Å²) in [6.45, 7) is 4.69. The van der Waals surface area contributed by atoms with E-state index in [9.17, 15) is 0 Å². The second kappa shape index (κ2) is 4.74. The number of benzene rings is 1. The molecule has 0 radical (unpaired) electrons. The van der Waals surface area contributed by atoms with E-state index in [0.717, 1.165) is 23.5 Å². The molecular weight excluding hydrogens is 202 g/mol. The predicted molar refractivity (Wildman–Crippen MR) is 63.6 cm³/mol.